The molecule has 0 amide bonds. The average molecular weight is 296 g/mol. The molecule has 0 saturated heterocycles. The molecule has 3 nitrogen and oxygen atoms in total. The zero-order chi connectivity index (χ0) is 14.5. The van der Waals surface area contributed by atoms with Crippen LogP contribution in [0.15, 0.2) is 42.5 Å². The van der Waals surface area contributed by atoms with Crippen molar-refractivity contribution in [1.82, 2.24) is 5.32 Å². The van der Waals surface area contributed by atoms with E-state index in [0.29, 0.717) is 22.7 Å². The van der Waals surface area contributed by atoms with Gasteiger partial charge in [-0.25, -0.2) is 4.39 Å². The van der Waals surface area contributed by atoms with E-state index in [2.05, 4.69) is 5.32 Å². The Bertz CT molecular complexity index is 575. The molecule has 106 valence electrons. The number of rotatable bonds is 5. The molecule has 0 aliphatic heterocycles. The van der Waals surface area contributed by atoms with Gasteiger partial charge in [-0.1, -0.05) is 35.9 Å². The molecule has 0 saturated carbocycles. The van der Waals surface area contributed by atoms with Gasteiger partial charge in [0.15, 0.2) is 0 Å². The third-order valence-electron chi connectivity index (χ3n) is 2.98. The Kier molecular flexibility index (Phi) is 4.95. The summed E-state index contributed by atoms with van der Waals surface area (Å²) in [5, 5.41) is 23.0. The van der Waals surface area contributed by atoms with E-state index < -0.39 is 6.10 Å². The summed E-state index contributed by atoms with van der Waals surface area (Å²) in [5.74, 6) is -0.296. The SMILES string of the molecule is Oc1c(Cl)cccc1CNCC(O)c1ccc(F)cc1. The third kappa shape index (κ3) is 3.70. The van der Waals surface area contributed by atoms with E-state index in [0.717, 1.165) is 0 Å². The number of hydrogen-bond donors (Lipinski definition) is 3. The van der Waals surface area contributed by atoms with Crippen LogP contribution in [0.3, 0.4) is 0 Å². The molecule has 2 aromatic rings. The Hall–Kier alpha value is -1.62. The van der Waals surface area contributed by atoms with Gasteiger partial charge in [-0.2, -0.15) is 0 Å². The molecule has 1 atom stereocenters. The highest BCUT2D eigenvalue weighted by Gasteiger charge is 2.09. The number of para-hydroxylation sites is 1. The van der Waals surface area contributed by atoms with Gasteiger partial charge in [-0.15, -0.1) is 0 Å². The van der Waals surface area contributed by atoms with Gasteiger partial charge in [0.1, 0.15) is 11.6 Å². The van der Waals surface area contributed by atoms with Gasteiger partial charge in [0.2, 0.25) is 0 Å². The molecule has 0 heterocycles. The minimum Gasteiger partial charge on any atom is -0.506 e. The number of hydrogen-bond acceptors (Lipinski definition) is 3. The van der Waals surface area contributed by atoms with E-state index in [1.165, 1.54) is 12.1 Å². The Morgan fingerprint density at radius 2 is 1.85 bits per heavy atom. The summed E-state index contributed by atoms with van der Waals surface area (Å²) >= 11 is 5.80. The topological polar surface area (TPSA) is 52.5 Å². The van der Waals surface area contributed by atoms with Crippen LogP contribution in [-0.2, 0) is 6.54 Å². The quantitative estimate of drug-likeness (QED) is 0.795. The summed E-state index contributed by atoms with van der Waals surface area (Å²) in [7, 11) is 0. The van der Waals surface area contributed by atoms with Gasteiger partial charge < -0.3 is 15.5 Å². The lowest BCUT2D eigenvalue weighted by Crippen LogP contribution is -2.21. The van der Waals surface area contributed by atoms with Crippen LogP contribution in [0.25, 0.3) is 0 Å². The molecule has 1 unspecified atom stereocenters. The first kappa shape index (κ1) is 14.8. The molecule has 0 radical (unpaired) electrons. The largest absolute Gasteiger partial charge is 0.506 e. The minimum absolute atomic E-state index is 0.0398. The highest BCUT2D eigenvalue weighted by atomic mass is 35.5. The molecular formula is C15H15ClFNO2. The van der Waals surface area contributed by atoms with Crippen molar-refractivity contribution in [1.29, 1.82) is 0 Å². The molecule has 0 aliphatic carbocycles. The van der Waals surface area contributed by atoms with Crippen molar-refractivity contribution in [3.63, 3.8) is 0 Å². The molecule has 0 aromatic heterocycles. The van der Waals surface area contributed by atoms with Crippen molar-refractivity contribution in [3.05, 3.63) is 64.4 Å². The minimum atomic E-state index is -0.739. The summed E-state index contributed by atoms with van der Waals surface area (Å²) in [6, 6.07) is 10.8. The van der Waals surface area contributed by atoms with Crippen molar-refractivity contribution in [3.8, 4) is 5.75 Å². The maximum Gasteiger partial charge on any atom is 0.138 e. The highest BCUT2D eigenvalue weighted by molar-refractivity contribution is 6.32. The number of halogens is 2. The fraction of sp³-hybridized carbons (Fsp3) is 0.200. The number of aliphatic hydroxyl groups excluding tert-OH is 1. The molecular weight excluding hydrogens is 281 g/mol. The zero-order valence-electron chi connectivity index (χ0n) is 10.7. The summed E-state index contributed by atoms with van der Waals surface area (Å²) in [6.07, 6.45) is -0.739. The van der Waals surface area contributed by atoms with Gasteiger partial charge in [-0.3, -0.25) is 0 Å². The van der Waals surface area contributed by atoms with E-state index >= 15 is 0 Å². The standard InChI is InChI=1S/C15H15ClFNO2/c16-13-3-1-2-11(15(13)20)8-18-9-14(19)10-4-6-12(17)7-5-10/h1-7,14,18-20H,8-9H2. The molecule has 0 bridgehead atoms. The molecule has 20 heavy (non-hydrogen) atoms. The Morgan fingerprint density at radius 1 is 1.15 bits per heavy atom. The van der Waals surface area contributed by atoms with Gasteiger partial charge in [0.25, 0.3) is 0 Å². The second-order valence-electron chi connectivity index (χ2n) is 4.45. The van der Waals surface area contributed by atoms with Crippen molar-refractivity contribution in [2.45, 2.75) is 12.6 Å². The fourth-order valence-electron chi connectivity index (χ4n) is 1.85. The lowest BCUT2D eigenvalue weighted by Gasteiger charge is -2.13. The van der Waals surface area contributed by atoms with Crippen LogP contribution in [0.4, 0.5) is 4.39 Å². The van der Waals surface area contributed by atoms with Crippen LogP contribution in [0.2, 0.25) is 5.02 Å². The van der Waals surface area contributed by atoms with Gasteiger partial charge in [-0.05, 0) is 23.8 Å². The second kappa shape index (κ2) is 6.70. The lowest BCUT2D eigenvalue weighted by molar-refractivity contribution is 0.174. The summed E-state index contributed by atoms with van der Waals surface area (Å²) in [5.41, 5.74) is 1.29. The monoisotopic (exact) mass is 295 g/mol. The van der Waals surface area contributed by atoms with Crippen molar-refractivity contribution >= 4 is 11.6 Å². The average Bonchev–Trinajstić information content (AvgIpc) is 2.44. The molecule has 3 N–H and O–H groups in total. The van der Waals surface area contributed by atoms with Crippen LogP contribution in [0.1, 0.15) is 17.2 Å². The normalized spacial score (nSPS) is 12.3. The van der Waals surface area contributed by atoms with Crippen LogP contribution in [0.5, 0.6) is 5.75 Å². The van der Waals surface area contributed by atoms with Crippen molar-refractivity contribution in [2.24, 2.45) is 0 Å². The number of phenolic OH excluding ortho intramolecular Hbond substituents is 1. The van der Waals surface area contributed by atoms with E-state index in [9.17, 15) is 14.6 Å². The first-order valence-corrected chi connectivity index (χ1v) is 6.56. The van der Waals surface area contributed by atoms with Crippen LogP contribution >= 0.6 is 11.6 Å². The van der Waals surface area contributed by atoms with Gasteiger partial charge in [0.05, 0.1) is 11.1 Å². The predicted octanol–water partition coefficient (Wildman–Crippen LogP) is 3.01. The summed E-state index contributed by atoms with van der Waals surface area (Å²) in [6.45, 7) is 0.669. The third-order valence-corrected chi connectivity index (χ3v) is 3.28. The van der Waals surface area contributed by atoms with E-state index in [1.54, 1.807) is 30.3 Å². The number of aromatic hydroxyl groups is 1. The maximum atomic E-state index is 12.8. The van der Waals surface area contributed by atoms with Crippen LogP contribution in [-0.4, -0.2) is 16.8 Å². The molecule has 5 heteroatoms. The fourth-order valence-corrected chi connectivity index (χ4v) is 2.04. The molecule has 0 spiro atoms. The van der Waals surface area contributed by atoms with E-state index in [4.69, 9.17) is 11.6 Å². The Morgan fingerprint density at radius 3 is 2.55 bits per heavy atom. The second-order valence-corrected chi connectivity index (χ2v) is 4.85. The first-order valence-electron chi connectivity index (χ1n) is 6.18. The van der Waals surface area contributed by atoms with E-state index in [1.807, 2.05) is 0 Å². The smallest absolute Gasteiger partial charge is 0.138 e. The maximum absolute atomic E-state index is 12.8. The number of nitrogens with one attached hydrogen (secondary N) is 1. The predicted molar refractivity (Wildman–Crippen MR) is 76.2 cm³/mol. The molecule has 2 rings (SSSR count). The Balaban J connectivity index is 1.89. The Labute approximate surface area is 121 Å². The summed E-state index contributed by atoms with van der Waals surface area (Å²) in [4.78, 5) is 0. The highest BCUT2D eigenvalue weighted by Crippen LogP contribution is 2.26. The van der Waals surface area contributed by atoms with Crippen molar-refractivity contribution < 1.29 is 14.6 Å². The van der Waals surface area contributed by atoms with Crippen LogP contribution in [0, 0.1) is 5.82 Å². The number of phenols is 1. The van der Waals surface area contributed by atoms with Crippen LogP contribution < -0.4 is 5.32 Å². The molecule has 0 aliphatic rings. The van der Waals surface area contributed by atoms with Crippen molar-refractivity contribution in [2.75, 3.05) is 6.54 Å². The first-order chi connectivity index (χ1) is 9.58. The van der Waals surface area contributed by atoms with Gasteiger partial charge in [0, 0.05) is 18.7 Å². The molecule has 2 aromatic carbocycles. The summed E-state index contributed by atoms with van der Waals surface area (Å²) < 4.78 is 12.8. The number of benzene rings is 2. The number of aliphatic hydroxyl groups is 1. The zero-order valence-corrected chi connectivity index (χ0v) is 11.4. The lowest BCUT2D eigenvalue weighted by atomic mass is 10.1. The van der Waals surface area contributed by atoms with Gasteiger partial charge >= 0.3 is 0 Å². The molecule has 0 fully saturated rings. The van der Waals surface area contributed by atoms with E-state index in [-0.39, 0.29) is 18.1 Å².